The summed E-state index contributed by atoms with van der Waals surface area (Å²) >= 11 is -1.64. The lowest BCUT2D eigenvalue weighted by atomic mass is 9.96. The number of nitrogens with one attached hydrogen (secondary N) is 1. The maximum Gasteiger partial charge on any atom is 0.222 e. The van der Waals surface area contributed by atoms with Gasteiger partial charge >= 0.3 is 0 Å². The average Bonchev–Trinajstić information content (AvgIpc) is 3.65. The first-order chi connectivity index (χ1) is 27.1. The molecule has 0 spiro atoms. The predicted molar refractivity (Wildman–Crippen MR) is 238 cm³/mol. The molecule has 0 saturated heterocycles. The van der Waals surface area contributed by atoms with Crippen LogP contribution in [-0.2, 0) is 6.42 Å². The summed E-state index contributed by atoms with van der Waals surface area (Å²) in [5.74, 6) is -2.21. The Morgan fingerprint density at radius 1 is 0.500 bits per heavy atom. The van der Waals surface area contributed by atoms with Gasteiger partial charge in [0, 0.05) is 18.1 Å². The van der Waals surface area contributed by atoms with Gasteiger partial charge in [-0.15, -0.1) is 0 Å². The van der Waals surface area contributed by atoms with Crippen LogP contribution in [0.1, 0.15) is 189 Å². The second kappa shape index (κ2) is 29.0. The Balaban J connectivity index is 0.000000468. The molecule has 0 fully saturated rings. The molecule has 1 aliphatic heterocycles. The Hall–Kier alpha value is -1.35. The van der Waals surface area contributed by atoms with E-state index in [9.17, 15) is 17.6 Å². The summed E-state index contributed by atoms with van der Waals surface area (Å²) in [6, 6.07) is 8.01. The van der Waals surface area contributed by atoms with Crippen molar-refractivity contribution in [3.8, 4) is 0 Å². The van der Waals surface area contributed by atoms with E-state index in [-0.39, 0.29) is 5.69 Å². The maximum absolute atomic E-state index is 13.8. The highest BCUT2D eigenvalue weighted by molar-refractivity contribution is 6.79. The van der Waals surface area contributed by atoms with E-state index in [2.05, 4.69) is 55.4 Å². The maximum atomic E-state index is 13.8. The van der Waals surface area contributed by atoms with E-state index < -0.39 is 36.3 Å². The molecule has 6 heteroatoms. The molecule has 0 bridgehead atoms. The van der Waals surface area contributed by atoms with Gasteiger partial charge in [0.1, 0.15) is 18.8 Å². The van der Waals surface area contributed by atoms with Crippen molar-refractivity contribution in [2.75, 3.05) is 6.54 Å². The normalized spacial score (nSPS) is 17.1. The number of hydrogen-bond acceptors (Lipinski definition) is 0. The first-order valence-electron chi connectivity index (χ1n) is 24.1. The zero-order valence-corrected chi connectivity index (χ0v) is 38.8. The zero-order valence-electron chi connectivity index (χ0n) is 37.7. The number of rotatable bonds is 29. The second-order valence-electron chi connectivity index (χ2n) is 18.2. The molecule has 0 aliphatic carbocycles. The first-order valence-corrected chi connectivity index (χ1v) is 27.3. The molecule has 3 rings (SSSR count). The van der Waals surface area contributed by atoms with Crippen molar-refractivity contribution in [1.29, 1.82) is 0 Å². The molecular formula is C50H86AlF4N. The molecule has 2 aromatic carbocycles. The van der Waals surface area contributed by atoms with Crippen LogP contribution in [0.25, 0.3) is 0 Å². The fourth-order valence-corrected chi connectivity index (χ4v) is 16.3. The van der Waals surface area contributed by atoms with Gasteiger partial charge in [-0.25, -0.2) is 13.2 Å². The van der Waals surface area contributed by atoms with Gasteiger partial charge < -0.3 is 0 Å². The summed E-state index contributed by atoms with van der Waals surface area (Å²) in [4.78, 5) is 0.519. The molecule has 1 N–H and O–H groups in total. The lowest BCUT2D eigenvalue weighted by Crippen LogP contribution is -3.01. The Bertz CT molecular complexity index is 1230. The molecule has 0 saturated carbocycles. The van der Waals surface area contributed by atoms with Crippen LogP contribution in [0.15, 0.2) is 30.3 Å². The van der Waals surface area contributed by atoms with Crippen LogP contribution < -0.4 is 4.90 Å². The number of fused-ring (bicyclic) bond motifs is 1. The van der Waals surface area contributed by atoms with Gasteiger partial charge in [0.25, 0.3) is 0 Å². The number of unbranched alkanes of at least 4 members (excludes halogenated alkanes) is 4. The molecule has 0 radical (unpaired) electrons. The van der Waals surface area contributed by atoms with E-state index in [1.165, 1.54) is 103 Å². The van der Waals surface area contributed by atoms with E-state index in [1.807, 2.05) is 12.1 Å². The average molecular weight is 804 g/mol. The van der Waals surface area contributed by atoms with Crippen LogP contribution in [0.2, 0.25) is 21.1 Å². The third-order valence-electron chi connectivity index (χ3n) is 14.3. The lowest BCUT2D eigenvalue weighted by Gasteiger charge is -2.41. The molecule has 5 unspecified atom stereocenters. The number of quaternary nitrogens is 1. The van der Waals surface area contributed by atoms with E-state index in [4.69, 9.17) is 0 Å². The SMILES string of the molecule is CCCCC(CC)C[CH2][Al-]([CH2]CC(CC)CCCC)([CH2]CC(CC)CCCC)[CH2]CC(CC)CCCC.Fc1cc([NH+]2CCc3ccccc32)c(F)c(F)c1F. The van der Waals surface area contributed by atoms with Crippen LogP contribution in [0.3, 0.4) is 0 Å². The topological polar surface area (TPSA) is 4.44 Å². The summed E-state index contributed by atoms with van der Waals surface area (Å²) in [6.45, 7) is 20.0. The van der Waals surface area contributed by atoms with Gasteiger partial charge in [-0.3, -0.25) is 4.90 Å². The molecule has 0 amide bonds. The van der Waals surface area contributed by atoms with Crippen LogP contribution in [0.5, 0.6) is 0 Å². The highest BCUT2D eigenvalue weighted by Crippen LogP contribution is 2.40. The van der Waals surface area contributed by atoms with E-state index in [0.29, 0.717) is 17.9 Å². The van der Waals surface area contributed by atoms with Crippen molar-refractivity contribution in [2.45, 2.75) is 211 Å². The summed E-state index contributed by atoms with van der Waals surface area (Å²) < 4.78 is 53.3. The van der Waals surface area contributed by atoms with Crippen LogP contribution in [0, 0.1) is 46.9 Å². The Morgan fingerprint density at radius 2 is 0.893 bits per heavy atom. The molecule has 56 heavy (non-hydrogen) atoms. The molecule has 5 atom stereocenters. The van der Waals surface area contributed by atoms with Crippen molar-refractivity contribution in [1.82, 2.24) is 0 Å². The quantitative estimate of drug-likeness (QED) is 0.0362. The minimum absolute atomic E-state index is 0.193. The van der Waals surface area contributed by atoms with E-state index >= 15 is 0 Å². The highest BCUT2D eigenvalue weighted by atomic mass is 27.2. The number of benzene rings is 2. The lowest BCUT2D eigenvalue weighted by molar-refractivity contribution is -0.754. The third-order valence-corrected chi connectivity index (χ3v) is 20.6. The monoisotopic (exact) mass is 804 g/mol. The van der Waals surface area contributed by atoms with Gasteiger partial charge in [0.15, 0.2) is 17.3 Å². The van der Waals surface area contributed by atoms with Crippen molar-refractivity contribution >= 4 is 24.5 Å². The smallest absolute Gasteiger partial charge is 0.222 e. The van der Waals surface area contributed by atoms with Gasteiger partial charge in [-0.2, -0.15) is 25.5 Å². The predicted octanol–water partition coefficient (Wildman–Crippen LogP) is 16.5. The third kappa shape index (κ3) is 17.1. The fraction of sp³-hybridized carbons (Fsp3) is 0.760. The minimum atomic E-state index is -1.77. The number of para-hydroxylation sites is 1. The van der Waals surface area contributed by atoms with Crippen molar-refractivity contribution < 1.29 is 22.5 Å². The summed E-state index contributed by atoms with van der Waals surface area (Å²) in [5.41, 5.74) is 1.58. The Labute approximate surface area is 346 Å². The van der Waals surface area contributed by atoms with Crippen molar-refractivity contribution in [3.05, 3.63) is 59.2 Å². The second-order valence-corrected chi connectivity index (χ2v) is 24.0. The summed E-state index contributed by atoms with van der Waals surface area (Å²) in [5, 5.41) is 6.75. The number of hydrogen-bond donors (Lipinski definition) is 1. The first kappa shape index (κ1) is 50.8. The Kier molecular flexibility index (Phi) is 26.3. The summed E-state index contributed by atoms with van der Waals surface area (Å²) in [6.07, 6.45) is 30.0. The minimum Gasteiger partial charge on any atom is -0.267 e. The van der Waals surface area contributed by atoms with Gasteiger partial charge in [0.2, 0.25) is 11.6 Å². The summed E-state index contributed by atoms with van der Waals surface area (Å²) in [7, 11) is 0. The molecule has 1 aliphatic rings. The standard InChI is InChI=1S/C14H9F4N.4C9H19.Al/c15-9-7-11(13(17)14(18)12(9)16)19-6-5-8-3-1-2-4-10(8)19;4*1-4-7-8-9(5-2)6-3;/h1-4,7H,5-6H2;4*9H,2,4-8H2,1,3H3;/q;;;;;-1/p+1. The van der Waals surface area contributed by atoms with Gasteiger partial charge in [0.05, 0.1) is 6.54 Å². The van der Waals surface area contributed by atoms with E-state index in [1.54, 1.807) is 58.9 Å². The van der Waals surface area contributed by atoms with Crippen LogP contribution in [0.4, 0.5) is 28.9 Å². The van der Waals surface area contributed by atoms with Crippen LogP contribution >= 0.6 is 0 Å². The van der Waals surface area contributed by atoms with Crippen molar-refractivity contribution in [3.63, 3.8) is 0 Å². The number of halogens is 4. The molecule has 322 valence electrons. The van der Waals surface area contributed by atoms with E-state index in [0.717, 1.165) is 41.0 Å². The zero-order chi connectivity index (χ0) is 41.3. The Morgan fingerprint density at radius 3 is 1.27 bits per heavy atom. The molecular weight excluding hydrogens is 718 g/mol. The largest absolute Gasteiger partial charge is 0.267 e. The molecule has 1 nitrogen and oxygen atoms in total. The molecule has 2 aromatic rings. The highest BCUT2D eigenvalue weighted by Gasteiger charge is 2.33. The van der Waals surface area contributed by atoms with Gasteiger partial charge in [-0.05, 0) is 29.7 Å². The van der Waals surface area contributed by atoms with Crippen molar-refractivity contribution in [2.24, 2.45) is 23.7 Å². The van der Waals surface area contributed by atoms with Crippen LogP contribution in [-0.4, -0.2) is 19.6 Å². The fourth-order valence-electron chi connectivity index (χ4n) is 9.90. The molecule has 0 aromatic heterocycles. The van der Waals surface area contributed by atoms with Gasteiger partial charge in [-0.1, -0.05) is 202 Å². The molecule has 1 heterocycles.